The molecule has 112 valence electrons. The molecule has 0 fully saturated rings. The molecular weight excluding hydrogens is 270 g/mol. The van der Waals surface area contributed by atoms with Gasteiger partial charge >= 0.3 is 5.97 Å². The fraction of sp³-hybridized carbons (Fsp3) is 0.333. The first-order chi connectivity index (χ1) is 10.2. The fourth-order valence-electron chi connectivity index (χ4n) is 2.12. The van der Waals surface area contributed by atoms with Gasteiger partial charge in [-0.15, -0.1) is 0 Å². The molecule has 0 aliphatic rings. The molecule has 0 saturated heterocycles. The summed E-state index contributed by atoms with van der Waals surface area (Å²) in [6, 6.07) is 5.64. The lowest BCUT2D eigenvalue weighted by atomic mass is 10.2. The molecule has 0 bridgehead atoms. The highest BCUT2D eigenvalue weighted by molar-refractivity contribution is 5.87. The Balaban J connectivity index is 2.02. The van der Waals surface area contributed by atoms with Crippen LogP contribution in [0.2, 0.25) is 0 Å². The van der Waals surface area contributed by atoms with Gasteiger partial charge in [0.05, 0.1) is 13.7 Å². The molecule has 0 aliphatic carbocycles. The summed E-state index contributed by atoms with van der Waals surface area (Å²) in [5.74, 6) is -0.387. The number of carbonyl (C=O) groups is 1. The first-order valence-electron chi connectivity index (χ1n) is 6.70. The van der Waals surface area contributed by atoms with Gasteiger partial charge in [-0.1, -0.05) is 6.07 Å². The molecule has 0 amide bonds. The maximum Gasteiger partial charge on any atom is 0.354 e. The van der Waals surface area contributed by atoms with Crippen molar-refractivity contribution in [3.8, 4) is 0 Å². The highest BCUT2D eigenvalue weighted by Crippen LogP contribution is 2.11. The van der Waals surface area contributed by atoms with Crippen molar-refractivity contribution in [1.29, 1.82) is 0 Å². The van der Waals surface area contributed by atoms with Crippen molar-refractivity contribution in [2.75, 3.05) is 20.3 Å². The third-order valence-electron chi connectivity index (χ3n) is 3.10. The zero-order valence-corrected chi connectivity index (χ0v) is 12.0. The Morgan fingerprint density at radius 3 is 2.90 bits per heavy atom. The topological polar surface area (TPSA) is 78.4 Å². The molecule has 0 aromatic carbocycles. The summed E-state index contributed by atoms with van der Waals surface area (Å²) >= 11 is 0. The van der Waals surface area contributed by atoms with E-state index >= 15 is 0 Å². The van der Waals surface area contributed by atoms with Crippen LogP contribution in [0.3, 0.4) is 0 Å². The van der Waals surface area contributed by atoms with Crippen molar-refractivity contribution in [2.24, 2.45) is 0 Å². The van der Waals surface area contributed by atoms with Gasteiger partial charge in [0.2, 0.25) is 0 Å². The monoisotopic (exact) mass is 289 g/mol. The first-order valence-corrected chi connectivity index (χ1v) is 6.70. The number of hydrogen-bond donors (Lipinski definition) is 2. The molecule has 0 aliphatic heterocycles. The van der Waals surface area contributed by atoms with E-state index in [1.807, 2.05) is 12.1 Å². The van der Waals surface area contributed by atoms with Gasteiger partial charge in [0.15, 0.2) is 0 Å². The molecule has 0 unspecified atom stereocenters. The second-order valence-electron chi connectivity index (χ2n) is 4.71. The number of hydrogen-bond acceptors (Lipinski definition) is 5. The van der Waals surface area contributed by atoms with Crippen LogP contribution in [0.25, 0.3) is 0 Å². The maximum absolute atomic E-state index is 11.4. The molecule has 0 spiro atoms. The Hall–Kier alpha value is -2.18. The maximum atomic E-state index is 11.4. The predicted molar refractivity (Wildman–Crippen MR) is 77.6 cm³/mol. The minimum absolute atomic E-state index is 0.0779. The van der Waals surface area contributed by atoms with Crippen LogP contribution in [0.5, 0.6) is 0 Å². The highest BCUT2D eigenvalue weighted by Gasteiger charge is 2.11. The second kappa shape index (κ2) is 7.56. The van der Waals surface area contributed by atoms with E-state index in [1.54, 1.807) is 24.7 Å². The zero-order chi connectivity index (χ0) is 15.1. The third kappa shape index (κ3) is 4.40. The van der Waals surface area contributed by atoms with Crippen LogP contribution in [0, 0.1) is 0 Å². The molecule has 2 rings (SSSR count). The molecule has 0 atom stereocenters. The number of nitrogens with one attached hydrogen (secondary N) is 1. The van der Waals surface area contributed by atoms with Crippen LogP contribution in [-0.4, -0.2) is 46.2 Å². The summed E-state index contributed by atoms with van der Waals surface area (Å²) in [7, 11) is 1.35. The number of carbonyl (C=O) groups excluding carboxylic acids is 1. The Morgan fingerprint density at radius 1 is 1.43 bits per heavy atom. The van der Waals surface area contributed by atoms with E-state index in [4.69, 9.17) is 0 Å². The Bertz CT molecular complexity index is 569. The van der Waals surface area contributed by atoms with E-state index in [2.05, 4.69) is 19.6 Å². The molecular formula is C15H19N3O3. The number of rotatable bonds is 7. The van der Waals surface area contributed by atoms with Crippen LogP contribution < -0.4 is 0 Å². The standard InChI is InChI=1S/C15H19N3O3/c1-21-15(20)14-7-13(9-17-14)11-18(5-6-19)10-12-3-2-4-16-8-12/h2-4,7-9,17,19H,5-6,10-11H2,1H3. The van der Waals surface area contributed by atoms with Crippen molar-refractivity contribution in [3.63, 3.8) is 0 Å². The quantitative estimate of drug-likeness (QED) is 0.749. The number of aromatic nitrogens is 2. The van der Waals surface area contributed by atoms with Crippen molar-refractivity contribution < 1.29 is 14.6 Å². The number of pyridine rings is 1. The molecule has 0 radical (unpaired) electrons. The van der Waals surface area contributed by atoms with Gasteiger partial charge < -0.3 is 14.8 Å². The zero-order valence-electron chi connectivity index (χ0n) is 12.0. The van der Waals surface area contributed by atoms with Gasteiger partial charge in [-0.25, -0.2) is 4.79 Å². The average molecular weight is 289 g/mol. The molecule has 2 heterocycles. The normalized spacial score (nSPS) is 10.8. The predicted octanol–water partition coefficient (Wildman–Crippen LogP) is 1.19. The Kier molecular flexibility index (Phi) is 5.48. The van der Waals surface area contributed by atoms with Crippen molar-refractivity contribution in [1.82, 2.24) is 14.9 Å². The number of H-pyrrole nitrogens is 1. The third-order valence-corrected chi connectivity index (χ3v) is 3.10. The van der Waals surface area contributed by atoms with Gasteiger partial charge in [0, 0.05) is 38.2 Å². The number of ether oxygens (including phenoxy) is 1. The summed E-state index contributed by atoms with van der Waals surface area (Å²) in [5.41, 5.74) is 2.47. The summed E-state index contributed by atoms with van der Waals surface area (Å²) < 4.78 is 4.67. The number of aromatic amines is 1. The van der Waals surface area contributed by atoms with Crippen LogP contribution >= 0.6 is 0 Å². The molecule has 2 aromatic rings. The molecule has 0 saturated carbocycles. The molecule has 21 heavy (non-hydrogen) atoms. The summed E-state index contributed by atoms with van der Waals surface area (Å²) in [5, 5.41) is 9.18. The van der Waals surface area contributed by atoms with Gasteiger partial charge in [0.1, 0.15) is 5.69 Å². The van der Waals surface area contributed by atoms with E-state index in [1.165, 1.54) is 7.11 Å². The number of aliphatic hydroxyl groups excluding tert-OH is 1. The summed E-state index contributed by atoms with van der Waals surface area (Å²) in [6.07, 6.45) is 5.32. The van der Waals surface area contributed by atoms with E-state index in [-0.39, 0.29) is 12.6 Å². The lowest BCUT2D eigenvalue weighted by molar-refractivity contribution is 0.0594. The van der Waals surface area contributed by atoms with Crippen LogP contribution in [0.15, 0.2) is 36.8 Å². The van der Waals surface area contributed by atoms with Crippen LogP contribution in [0.4, 0.5) is 0 Å². The molecule has 6 heteroatoms. The lowest BCUT2D eigenvalue weighted by Gasteiger charge is -2.20. The lowest BCUT2D eigenvalue weighted by Crippen LogP contribution is -2.25. The van der Waals surface area contributed by atoms with Crippen LogP contribution in [-0.2, 0) is 17.8 Å². The van der Waals surface area contributed by atoms with Gasteiger partial charge in [0.25, 0.3) is 0 Å². The number of nitrogens with zero attached hydrogens (tertiary/aromatic N) is 2. The number of esters is 1. The average Bonchev–Trinajstić information content (AvgIpc) is 2.96. The largest absolute Gasteiger partial charge is 0.464 e. The minimum atomic E-state index is -0.387. The van der Waals surface area contributed by atoms with E-state index in [0.717, 1.165) is 11.1 Å². The second-order valence-corrected chi connectivity index (χ2v) is 4.71. The van der Waals surface area contributed by atoms with Gasteiger partial charge in [-0.05, 0) is 23.3 Å². The summed E-state index contributed by atoms with van der Waals surface area (Å²) in [4.78, 5) is 20.5. The smallest absolute Gasteiger partial charge is 0.354 e. The van der Waals surface area contributed by atoms with E-state index < -0.39 is 0 Å². The fourth-order valence-corrected chi connectivity index (χ4v) is 2.12. The highest BCUT2D eigenvalue weighted by atomic mass is 16.5. The minimum Gasteiger partial charge on any atom is -0.464 e. The number of aliphatic hydroxyl groups is 1. The van der Waals surface area contributed by atoms with Crippen molar-refractivity contribution in [3.05, 3.63) is 53.6 Å². The molecule has 2 aromatic heterocycles. The SMILES string of the molecule is COC(=O)c1cc(CN(CCO)Cc2cccnc2)c[nH]1. The van der Waals surface area contributed by atoms with Crippen LogP contribution in [0.1, 0.15) is 21.6 Å². The number of methoxy groups -OCH3 is 1. The van der Waals surface area contributed by atoms with Gasteiger partial charge in [-0.3, -0.25) is 9.88 Å². The van der Waals surface area contributed by atoms with E-state index in [0.29, 0.717) is 25.3 Å². The Labute approximate surface area is 123 Å². The summed E-state index contributed by atoms with van der Waals surface area (Å²) in [6.45, 7) is 1.94. The van der Waals surface area contributed by atoms with Crippen molar-refractivity contribution >= 4 is 5.97 Å². The van der Waals surface area contributed by atoms with Gasteiger partial charge in [-0.2, -0.15) is 0 Å². The molecule has 6 nitrogen and oxygen atoms in total. The van der Waals surface area contributed by atoms with E-state index in [9.17, 15) is 9.90 Å². The van der Waals surface area contributed by atoms with Crippen molar-refractivity contribution in [2.45, 2.75) is 13.1 Å². The first kappa shape index (κ1) is 15.2. The molecule has 2 N–H and O–H groups in total. The Morgan fingerprint density at radius 2 is 2.24 bits per heavy atom.